The first-order valence-electron chi connectivity index (χ1n) is 10.4. The molecule has 1 fully saturated rings. The minimum absolute atomic E-state index is 0.0515. The number of carbonyl (C=O) groups is 1. The van der Waals surface area contributed by atoms with Crippen molar-refractivity contribution in [2.45, 2.75) is 23.8 Å². The third kappa shape index (κ3) is 5.18. The quantitative estimate of drug-likeness (QED) is 0.181. The molecule has 1 amide bonds. The van der Waals surface area contributed by atoms with E-state index in [9.17, 15) is 13.2 Å². The van der Waals surface area contributed by atoms with Crippen LogP contribution in [0.4, 0.5) is 11.6 Å². The smallest absolute Gasteiger partial charge is 0.339 e. The van der Waals surface area contributed by atoms with Crippen LogP contribution in [-0.4, -0.2) is 57.0 Å². The second-order valence-electron chi connectivity index (χ2n) is 7.51. The van der Waals surface area contributed by atoms with Crippen LogP contribution in [0.3, 0.4) is 0 Å². The molecule has 1 aromatic heterocycles. The van der Waals surface area contributed by atoms with Crippen molar-refractivity contribution < 1.29 is 17.4 Å². The van der Waals surface area contributed by atoms with E-state index in [2.05, 4.69) is 20.6 Å². The van der Waals surface area contributed by atoms with Crippen molar-refractivity contribution in [2.24, 2.45) is 5.73 Å². The number of aromatic nitrogens is 2. The number of carbonyl (C=O) groups excluding carboxylic acids is 1. The van der Waals surface area contributed by atoms with E-state index in [4.69, 9.17) is 9.92 Å². The number of imidazole rings is 1. The average molecular weight is 459 g/mol. The molecule has 0 unspecified atom stereocenters. The summed E-state index contributed by atoms with van der Waals surface area (Å²) in [6.45, 7) is 2.77. The third-order valence-corrected chi connectivity index (χ3v) is 6.30. The SMILES string of the molecule is NCCNCCNc1ccc(S(=O)(=O)Oc2ccc3nc(N(C=O)C4CC4)[nH]c3c2)cc1. The molecular formula is C21H26N6O4S. The van der Waals surface area contributed by atoms with E-state index < -0.39 is 10.1 Å². The van der Waals surface area contributed by atoms with Crippen LogP contribution in [0, 0.1) is 0 Å². The Bertz CT molecular complexity index is 1170. The molecule has 10 nitrogen and oxygen atoms in total. The van der Waals surface area contributed by atoms with Crippen LogP contribution >= 0.6 is 0 Å². The Morgan fingerprint density at radius 1 is 1.16 bits per heavy atom. The van der Waals surface area contributed by atoms with Gasteiger partial charge in [-0.3, -0.25) is 9.69 Å². The number of hydrogen-bond acceptors (Lipinski definition) is 8. The van der Waals surface area contributed by atoms with Crippen molar-refractivity contribution >= 4 is 39.2 Å². The summed E-state index contributed by atoms with van der Waals surface area (Å²) in [5, 5.41) is 6.37. The molecule has 0 radical (unpaired) electrons. The number of nitrogens with one attached hydrogen (secondary N) is 3. The molecule has 5 N–H and O–H groups in total. The number of amides is 1. The van der Waals surface area contributed by atoms with Crippen LogP contribution in [-0.2, 0) is 14.9 Å². The van der Waals surface area contributed by atoms with Gasteiger partial charge in [-0.1, -0.05) is 0 Å². The number of benzene rings is 2. The van der Waals surface area contributed by atoms with Gasteiger partial charge in [0.2, 0.25) is 12.4 Å². The summed E-state index contributed by atoms with van der Waals surface area (Å²) in [7, 11) is -4.00. The van der Waals surface area contributed by atoms with E-state index in [-0.39, 0.29) is 16.7 Å². The number of nitrogens with two attached hydrogens (primary N) is 1. The molecule has 2 aromatic carbocycles. The first-order valence-corrected chi connectivity index (χ1v) is 11.8. The summed E-state index contributed by atoms with van der Waals surface area (Å²) >= 11 is 0. The fourth-order valence-corrected chi connectivity index (χ4v) is 4.17. The van der Waals surface area contributed by atoms with E-state index in [1.807, 2.05) is 0 Å². The van der Waals surface area contributed by atoms with Crippen LogP contribution in [0.2, 0.25) is 0 Å². The molecule has 0 aliphatic heterocycles. The van der Waals surface area contributed by atoms with Crippen molar-refractivity contribution in [3.63, 3.8) is 0 Å². The van der Waals surface area contributed by atoms with Crippen molar-refractivity contribution in [1.29, 1.82) is 0 Å². The molecule has 11 heteroatoms. The number of fused-ring (bicyclic) bond motifs is 1. The zero-order valence-corrected chi connectivity index (χ0v) is 18.3. The number of rotatable bonds is 12. The van der Waals surface area contributed by atoms with Crippen molar-refractivity contribution in [3.05, 3.63) is 42.5 Å². The molecule has 1 aliphatic carbocycles. The Morgan fingerprint density at radius 3 is 2.62 bits per heavy atom. The number of aromatic amines is 1. The molecule has 1 aliphatic rings. The molecule has 0 saturated heterocycles. The Labute approximate surface area is 186 Å². The standard InChI is InChI=1S/C21H26N6O4S/c22-9-10-23-11-12-24-15-1-6-18(7-2-15)32(29,30)31-17-5-8-19-20(13-17)26-21(25-19)27(14-28)16-3-4-16/h1-2,5-8,13-14,16,23-24H,3-4,9-12,22H2,(H,25,26). The molecule has 1 saturated carbocycles. The summed E-state index contributed by atoms with van der Waals surface area (Å²) in [6, 6.07) is 11.3. The van der Waals surface area contributed by atoms with E-state index in [1.54, 1.807) is 29.2 Å². The summed E-state index contributed by atoms with van der Waals surface area (Å²) in [5.74, 6) is 0.601. The monoisotopic (exact) mass is 458 g/mol. The number of anilines is 2. The first-order chi connectivity index (χ1) is 15.5. The van der Waals surface area contributed by atoms with Gasteiger partial charge in [0, 0.05) is 44.0 Å². The van der Waals surface area contributed by atoms with Gasteiger partial charge in [-0.2, -0.15) is 8.42 Å². The number of H-pyrrole nitrogens is 1. The van der Waals surface area contributed by atoms with Gasteiger partial charge in [-0.15, -0.1) is 0 Å². The Kier molecular flexibility index (Phi) is 6.58. The second kappa shape index (κ2) is 9.55. The van der Waals surface area contributed by atoms with Gasteiger partial charge in [0.05, 0.1) is 11.0 Å². The predicted molar refractivity (Wildman–Crippen MR) is 122 cm³/mol. The highest BCUT2D eigenvalue weighted by molar-refractivity contribution is 7.87. The number of hydrogen-bond donors (Lipinski definition) is 4. The zero-order chi connectivity index (χ0) is 22.6. The minimum atomic E-state index is -4.00. The van der Waals surface area contributed by atoms with E-state index in [0.717, 1.165) is 38.0 Å². The molecule has 1 heterocycles. The van der Waals surface area contributed by atoms with Gasteiger partial charge >= 0.3 is 10.1 Å². The maximum absolute atomic E-state index is 12.7. The summed E-state index contributed by atoms with van der Waals surface area (Å²) in [6.07, 6.45) is 2.65. The molecule has 0 spiro atoms. The molecule has 0 bridgehead atoms. The molecule has 32 heavy (non-hydrogen) atoms. The highest BCUT2D eigenvalue weighted by Crippen LogP contribution is 2.31. The lowest BCUT2D eigenvalue weighted by Gasteiger charge is -2.11. The molecular weight excluding hydrogens is 432 g/mol. The Morgan fingerprint density at radius 2 is 1.94 bits per heavy atom. The van der Waals surface area contributed by atoms with Gasteiger partial charge in [0.15, 0.2) is 0 Å². The summed E-state index contributed by atoms with van der Waals surface area (Å²) < 4.78 is 30.7. The van der Waals surface area contributed by atoms with Gasteiger partial charge in [-0.05, 0) is 49.2 Å². The lowest BCUT2D eigenvalue weighted by atomic mass is 10.3. The third-order valence-electron chi connectivity index (χ3n) is 5.04. The largest absolute Gasteiger partial charge is 0.384 e. The predicted octanol–water partition coefficient (Wildman–Crippen LogP) is 1.42. The minimum Gasteiger partial charge on any atom is -0.384 e. The van der Waals surface area contributed by atoms with Gasteiger partial charge in [0.25, 0.3) is 0 Å². The van der Waals surface area contributed by atoms with Crippen LogP contribution in [0.5, 0.6) is 5.75 Å². The van der Waals surface area contributed by atoms with Crippen LogP contribution < -0.4 is 25.5 Å². The molecule has 4 rings (SSSR count). The van der Waals surface area contributed by atoms with Gasteiger partial charge in [0.1, 0.15) is 10.6 Å². The maximum Gasteiger partial charge on any atom is 0.339 e. The average Bonchev–Trinajstić information content (AvgIpc) is 3.53. The normalized spacial score (nSPS) is 13.8. The van der Waals surface area contributed by atoms with Crippen molar-refractivity contribution in [2.75, 3.05) is 36.4 Å². The highest BCUT2D eigenvalue weighted by atomic mass is 32.2. The maximum atomic E-state index is 12.7. The molecule has 170 valence electrons. The van der Waals surface area contributed by atoms with E-state index in [0.29, 0.717) is 30.1 Å². The second-order valence-corrected chi connectivity index (χ2v) is 9.06. The zero-order valence-electron chi connectivity index (χ0n) is 17.5. The van der Waals surface area contributed by atoms with E-state index in [1.165, 1.54) is 18.2 Å². The van der Waals surface area contributed by atoms with Crippen molar-refractivity contribution in [3.8, 4) is 5.75 Å². The summed E-state index contributed by atoms with van der Waals surface area (Å²) in [5.41, 5.74) is 7.43. The van der Waals surface area contributed by atoms with Gasteiger partial charge in [-0.25, -0.2) is 4.98 Å². The van der Waals surface area contributed by atoms with Crippen LogP contribution in [0.25, 0.3) is 11.0 Å². The van der Waals surface area contributed by atoms with E-state index >= 15 is 0 Å². The Hall–Kier alpha value is -3.15. The Balaban J connectivity index is 1.42. The van der Waals surface area contributed by atoms with Crippen LogP contribution in [0.1, 0.15) is 12.8 Å². The molecule has 3 aromatic rings. The summed E-state index contributed by atoms with van der Waals surface area (Å²) in [4.78, 5) is 20.4. The number of nitrogens with zero attached hydrogens (tertiary/aromatic N) is 2. The topological polar surface area (TPSA) is 142 Å². The first kappa shape index (κ1) is 22.1. The molecule has 0 atom stereocenters. The van der Waals surface area contributed by atoms with Crippen LogP contribution in [0.15, 0.2) is 47.4 Å². The highest BCUT2D eigenvalue weighted by Gasteiger charge is 2.31. The fraction of sp³-hybridized carbons (Fsp3) is 0.333. The van der Waals surface area contributed by atoms with Gasteiger partial charge < -0.3 is 25.5 Å². The lowest BCUT2D eigenvalue weighted by Crippen LogP contribution is -2.27. The lowest BCUT2D eigenvalue weighted by molar-refractivity contribution is -0.107. The van der Waals surface area contributed by atoms with Crippen molar-refractivity contribution in [1.82, 2.24) is 15.3 Å². The fourth-order valence-electron chi connectivity index (χ4n) is 3.25.